The van der Waals surface area contributed by atoms with Crippen molar-refractivity contribution in [3.8, 4) is 0 Å². The molecule has 0 aromatic rings. The van der Waals surface area contributed by atoms with Crippen molar-refractivity contribution < 1.29 is 14.2 Å². The Balaban J connectivity index is 2.22. The number of allylic oxidation sites excluding steroid dienone is 2. The second-order valence-electron chi connectivity index (χ2n) is 7.37. The first-order valence-electron chi connectivity index (χ1n) is 8.49. The van der Waals surface area contributed by atoms with Gasteiger partial charge in [-0.3, -0.25) is 0 Å². The van der Waals surface area contributed by atoms with E-state index in [1.807, 2.05) is 7.11 Å². The summed E-state index contributed by atoms with van der Waals surface area (Å²) >= 11 is 0. The third-order valence-electron chi connectivity index (χ3n) is 5.00. The Labute approximate surface area is 135 Å². The van der Waals surface area contributed by atoms with Gasteiger partial charge in [0, 0.05) is 13.0 Å². The summed E-state index contributed by atoms with van der Waals surface area (Å²) in [5.74, 6) is 0.238. The van der Waals surface area contributed by atoms with Gasteiger partial charge in [0.2, 0.25) is 0 Å². The quantitative estimate of drug-likeness (QED) is 0.542. The van der Waals surface area contributed by atoms with Crippen LogP contribution in [0.5, 0.6) is 0 Å². The van der Waals surface area contributed by atoms with Gasteiger partial charge in [-0.05, 0) is 52.5 Å². The van der Waals surface area contributed by atoms with E-state index in [1.54, 1.807) is 0 Å². The zero-order chi connectivity index (χ0) is 16.4. The average Bonchev–Trinajstić information content (AvgIpc) is 3.20. The zero-order valence-corrected chi connectivity index (χ0v) is 15.1. The molecule has 1 heterocycles. The lowest BCUT2D eigenvalue weighted by molar-refractivity contribution is -0.124. The number of methoxy groups -OCH3 is 1. The van der Waals surface area contributed by atoms with Crippen molar-refractivity contribution >= 4 is 0 Å². The van der Waals surface area contributed by atoms with E-state index in [1.165, 1.54) is 11.1 Å². The van der Waals surface area contributed by atoms with Crippen molar-refractivity contribution in [2.45, 2.75) is 71.2 Å². The molecule has 1 aliphatic heterocycles. The first-order chi connectivity index (χ1) is 10.4. The van der Waals surface area contributed by atoms with Crippen LogP contribution >= 0.6 is 0 Å². The zero-order valence-electron chi connectivity index (χ0n) is 15.1. The molecule has 0 aromatic carbocycles. The van der Waals surface area contributed by atoms with E-state index in [9.17, 15) is 0 Å². The minimum Gasteiger partial charge on any atom is -0.377 e. The number of rotatable bonds is 6. The largest absolute Gasteiger partial charge is 0.377 e. The van der Waals surface area contributed by atoms with E-state index in [0.717, 1.165) is 25.9 Å². The molecular weight excluding hydrogens is 276 g/mol. The smallest absolute Gasteiger partial charge is 0.100 e. The van der Waals surface area contributed by atoms with Crippen LogP contribution in [0.1, 0.15) is 53.9 Å². The van der Waals surface area contributed by atoms with Crippen LogP contribution in [0.3, 0.4) is 0 Å². The lowest BCUT2D eigenvalue weighted by Crippen LogP contribution is -2.54. The van der Waals surface area contributed by atoms with Gasteiger partial charge in [0.05, 0.1) is 24.9 Å². The van der Waals surface area contributed by atoms with Gasteiger partial charge >= 0.3 is 0 Å². The first-order valence-corrected chi connectivity index (χ1v) is 8.49. The van der Waals surface area contributed by atoms with Crippen LogP contribution in [0.2, 0.25) is 0 Å². The highest BCUT2D eigenvalue weighted by Crippen LogP contribution is 2.53. The lowest BCUT2D eigenvalue weighted by atomic mass is 9.67. The third-order valence-corrected chi connectivity index (χ3v) is 5.00. The second kappa shape index (κ2) is 6.86. The second-order valence-corrected chi connectivity index (χ2v) is 7.37. The van der Waals surface area contributed by atoms with E-state index in [-0.39, 0.29) is 23.2 Å². The van der Waals surface area contributed by atoms with Crippen LogP contribution in [-0.4, -0.2) is 37.6 Å². The van der Waals surface area contributed by atoms with Crippen molar-refractivity contribution in [3.05, 3.63) is 23.3 Å². The number of epoxide rings is 1. The first kappa shape index (κ1) is 17.7. The van der Waals surface area contributed by atoms with Crippen molar-refractivity contribution in [2.75, 3.05) is 20.3 Å². The summed E-state index contributed by atoms with van der Waals surface area (Å²) in [6.07, 6.45) is 7.76. The number of ether oxygens (including phenoxy) is 3. The van der Waals surface area contributed by atoms with E-state index < -0.39 is 0 Å². The van der Waals surface area contributed by atoms with Crippen LogP contribution in [0.15, 0.2) is 23.3 Å². The van der Waals surface area contributed by atoms with E-state index in [4.69, 9.17) is 14.2 Å². The summed E-state index contributed by atoms with van der Waals surface area (Å²) in [4.78, 5) is 0. The molecule has 3 atom stereocenters. The third kappa shape index (κ3) is 3.64. The molecule has 2 rings (SSSR count). The molecule has 1 spiro atoms. The Bertz CT molecular complexity index is 440. The molecular formula is C19H32O3. The monoisotopic (exact) mass is 308 g/mol. The van der Waals surface area contributed by atoms with Gasteiger partial charge < -0.3 is 14.2 Å². The molecule has 1 aliphatic carbocycles. The molecule has 0 bridgehead atoms. The molecule has 2 aliphatic rings. The predicted octanol–water partition coefficient (Wildman–Crippen LogP) is 4.28. The SMILES string of the molecule is CC/C=C1/CC[C@]2(CO2)[C@@H](C(C)(C)OCC=C(C)C)[C@@H]1OC. The summed E-state index contributed by atoms with van der Waals surface area (Å²) < 4.78 is 18.1. The molecule has 126 valence electrons. The van der Waals surface area contributed by atoms with Crippen LogP contribution < -0.4 is 0 Å². The van der Waals surface area contributed by atoms with E-state index in [0.29, 0.717) is 6.61 Å². The molecule has 0 N–H and O–H groups in total. The predicted molar refractivity (Wildman–Crippen MR) is 90.0 cm³/mol. The molecule has 3 nitrogen and oxygen atoms in total. The van der Waals surface area contributed by atoms with Gasteiger partial charge in [-0.1, -0.05) is 24.6 Å². The molecule has 0 radical (unpaired) electrons. The Morgan fingerprint density at radius 3 is 2.59 bits per heavy atom. The van der Waals surface area contributed by atoms with Crippen molar-refractivity contribution in [2.24, 2.45) is 5.92 Å². The maximum absolute atomic E-state index is 6.25. The molecule has 0 aromatic heterocycles. The molecule has 2 fully saturated rings. The highest BCUT2D eigenvalue weighted by molar-refractivity contribution is 5.24. The maximum Gasteiger partial charge on any atom is 0.100 e. The summed E-state index contributed by atoms with van der Waals surface area (Å²) in [5, 5.41) is 0. The number of hydrogen-bond donors (Lipinski definition) is 0. The van der Waals surface area contributed by atoms with Crippen LogP contribution in [0.4, 0.5) is 0 Å². The Kier molecular flexibility index (Phi) is 5.52. The van der Waals surface area contributed by atoms with Crippen LogP contribution in [0.25, 0.3) is 0 Å². The van der Waals surface area contributed by atoms with E-state index >= 15 is 0 Å². The fourth-order valence-corrected chi connectivity index (χ4v) is 3.84. The summed E-state index contributed by atoms with van der Waals surface area (Å²) in [5.41, 5.74) is 2.37. The fourth-order valence-electron chi connectivity index (χ4n) is 3.84. The van der Waals surface area contributed by atoms with Gasteiger partial charge in [-0.2, -0.15) is 0 Å². The molecule has 1 saturated heterocycles. The Morgan fingerprint density at radius 2 is 2.09 bits per heavy atom. The highest BCUT2D eigenvalue weighted by atomic mass is 16.6. The van der Waals surface area contributed by atoms with Crippen molar-refractivity contribution in [1.82, 2.24) is 0 Å². The highest BCUT2D eigenvalue weighted by Gasteiger charge is 2.62. The standard InChI is InChI=1S/C19H32O3/c1-7-8-15-9-11-19(13-22-19)17(16(15)20-6)18(4,5)21-12-10-14(2)3/h8,10,16-17H,7,9,11-13H2,1-6H3/b15-8-/t16-,17-,19+/m1/s1. The normalized spacial score (nSPS) is 33.3. The molecule has 22 heavy (non-hydrogen) atoms. The topological polar surface area (TPSA) is 31.0 Å². The fraction of sp³-hybridized carbons (Fsp3) is 0.789. The molecule has 3 heteroatoms. The average molecular weight is 308 g/mol. The molecule has 1 saturated carbocycles. The summed E-state index contributed by atoms with van der Waals surface area (Å²) in [6.45, 7) is 12.2. The summed E-state index contributed by atoms with van der Waals surface area (Å²) in [6, 6.07) is 0. The summed E-state index contributed by atoms with van der Waals surface area (Å²) in [7, 11) is 1.81. The van der Waals surface area contributed by atoms with Crippen molar-refractivity contribution in [3.63, 3.8) is 0 Å². The maximum atomic E-state index is 6.25. The molecule has 0 unspecified atom stereocenters. The van der Waals surface area contributed by atoms with Gasteiger partial charge in [-0.15, -0.1) is 0 Å². The van der Waals surface area contributed by atoms with Gasteiger partial charge in [-0.25, -0.2) is 0 Å². The van der Waals surface area contributed by atoms with Gasteiger partial charge in [0.15, 0.2) is 0 Å². The Hall–Kier alpha value is -0.640. The lowest BCUT2D eigenvalue weighted by Gasteiger charge is -2.46. The van der Waals surface area contributed by atoms with Crippen LogP contribution in [-0.2, 0) is 14.2 Å². The Morgan fingerprint density at radius 1 is 1.41 bits per heavy atom. The molecule has 0 amide bonds. The van der Waals surface area contributed by atoms with Gasteiger partial charge in [0.25, 0.3) is 0 Å². The minimum absolute atomic E-state index is 0.0414. The van der Waals surface area contributed by atoms with E-state index in [2.05, 4.69) is 46.8 Å². The van der Waals surface area contributed by atoms with Gasteiger partial charge in [0.1, 0.15) is 5.60 Å². The van der Waals surface area contributed by atoms with Crippen molar-refractivity contribution in [1.29, 1.82) is 0 Å². The number of hydrogen-bond acceptors (Lipinski definition) is 3. The minimum atomic E-state index is -0.281. The van der Waals surface area contributed by atoms with Crippen LogP contribution in [0, 0.1) is 5.92 Å².